The van der Waals surface area contributed by atoms with Gasteiger partial charge in [0.1, 0.15) is 0 Å². The molecular weight excluding hydrogens is 429 g/mol. The predicted molar refractivity (Wildman–Crippen MR) is 106 cm³/mol. The number of ether oxygens (including phenoxy) is 1. The van der Waals surface area contributed by atoms with E-state index in [1.165, 1.54) is 13.0 Å². The van der Waals surface area contributed by atoms with E-state index >= 15 is 0 Å². The number of rotatable bonds is 4. The van der Waals surface area contributed by atoms with Crippen molar-refractivity contribution in [2.24, 2.45) is 0 Å². The van der Waals surface area contributed by atoms with E-state index in [2.05, 4.69) is 21.2 Å². The minimum atomic E-state index is -0.784. The summed E-state index contributed by atoms with van der Waals surface area (Å²) in [7, 11) is 0. The molecule has 28 heavy (non-hydrogen) atoms. The number of benzene rings is 2. The number of carbonyl (C=O) groups excluding carboxylic acids is 2. The number of aliphatic hydroxyl groups is 1. The third kappa shape index (κ3) is 4.42. The van der Waals surface area contributed by atoms with Gasteiger partial charge in [0, 0.05) is 10.0 Å². The number of hydrogen-bond donors (Lipinski definition) is 2. The molecule has 148 valence electrons. The summed E-state index contributed by atoms with van der Waals surface area (Å²) in [6, 6.07) is 9.18. The highest BCUT2D eigenvalue weighted by atomic mass is 79.9. The van der Waals surface area contributed by atoms with Crippen molar-refractivity contribution < 1.29 is 23.8 Å². The summed E-state index contributed by atoms with van der Waals surface area (Å²) in [6.07, 6.45) is 2.39. The maximum absolute atomic E-state index is 14.9. The van der Waals surface area contributed by atoms with Gasteiger partial charge in [-0.15, -0.1) is 0 Å². The number of amides is 1. The van der Waals surface area contributed by atoms with E-state index in [-0.39, 0.29) is 16.7 Å². The first kappa shape index (κ1) is 20.5. The van der Waals surface area contributed by atoms with Gasteiger partial charge in [0.15, 0.2) is 11.6 Å². The Labute approximate surface area is 171 Å². The van der Waals surface area contributed by atoms with E-state index in [4.69, 9.17) is 4.74 Å². The van der Waals surface area contributed by atoms with Crippen LogP contribution in [0.4, 0.5) is 4.39 Å². The van der Waals surface area contributed by atoms with Crippen molar-refractivity contribution in [1.29, 1.82) is 0 Å². The molecule has 0 radical (unpaired) electrons. The maximum atomic E-state index is 14.9. The molecule has 2 aromatic carbocycles. The first-order chi connectivity index (χ1) is 13.4. The number of halogens is 2. The van der Waals surface area contributed by atoms with Crippen molar-refractivity contribution >= 4 is 27.8 Å². The summed E-state index contributed by atoms with van der Waals surface area (Å²) in [5.74, 6) is -2.56. The van der Waals surface area contributed by atoms with Gasteiger partial charge in [-0.25, -0.2) is 9.18 Å². The van der Waals surface area contributed by atoms with Crippen molar-refractivity contribution in [2.75, 3.05) is 0 Å². The fourth-order valence-corrected chi connectivity index (χ4v) is 3.62. The summed E-state index contributed by atoms with van der Waals surface area (Å²) in [4.78, 5) is 25.2. The second-order valence-corrected chi connectivity index (χ2v) is 7.72. The Balaban J connectivity index is 1.91. The number of hydrogen-bond acceptors (Lipinski definition) is 4. The average Bonchev–Trinajstić information content (AvgIpc) is 2.70. The maximum Gasteiger partial charge on any atom is 0.343 e. The number of esters is 1. The summed E-state index contributed by atoms with van der Waals surface area (Å²) < 4.78 is 20.5. The Bertz CT molecular complexity index is 888. The van der Waals surface area contributed by atoms with Crippen LogP contribution in [0.15, 0.2) is 40.9 Å². The fraction of sp³-hybridized carbons (Fsp3) is 0.333. The molecule has 1 saturated carbocycles. The van der Waals surface area contributed by atoms with Crippen LogP contribution >= 0.6 is 15.9 Å². The number of aliphatic hydroxyl groups excluding tert-OH is 1. The minimum absolute atomic E-state index is 0.1000. The molecule has 0 bridgehead atoms. The van der Waals surface area contributed by atoms with Gasteiger partial charge in [-0.05, 0) is 38.0 Å². The van der Waals surface area contributed by atoms with Gasteiger partial charge >= 0.3 is 5.97 Å². The van der Waals surface area contributed by atoms with Crippen LogP contribution in [0, 0.1) is 12.7 Å². The largest absolute Gasteiger partial charge is 0.419 e. The molecule has 0 saturated heterocycles. The predicted octanol–water partition coefficient (Wildman–Crippen LogP) is 4.15. The quantitative estimate of drug-likeness (QED) is 0.542. The fourth-order valence-electron chi connectivity index (χ4n) is 3.21. The summed E-state index contributed by atoms with van der Waals surface area (Å²) >= 11 is 3.24. The normalized spacial score (nSPS) is 19.1. The summed E-state index contributed by atoms with van der Waals surface area (Å²) in [6.45, 7) is 1.52. The van der Waals surface area contributed by atoms with Crippen molar-refractivity contribution in [2.45, 2.75) is 44.8 Å². The standard InChI is InChI=1S/C21H21BrFNO4/c1-12-15(22)11-14(20(26)24-16-9-5-6-10-17(16)25)19(18(12)23)28-21(27)13-7-3-2-4-8-13/h2-4,7-8,11,16-17,25H,5-6,9-10H2,1H3,(H,24,26)/t16-,17-/m0/s1. The van der Waals surface area contributed by atoms with Gasteiger partial charge in [-0.1, -0.05) is 47.0 Å². The third-order valence-corrected chi connectivity index (χ3v) is 5.72. The molecular formula is C21H21BrFNO4. The van der Waals surface area contributed by atoms with Gasteiger partial charge in [0.05, 0.1) is 23.3 Å². The minimum Gasteiger partial charge on any atom is -0.419 e. The van der Waals surface area contributed by atoms with Gasteiger partial charge in [0.25, 0.3) is 5.91 Å². The van der Waals surface area contributed by atoms with E-state index < -0.39 is 35.6 Å². The summed E-state index contributed by atoms with van der Waals surface area (Å²) in [5.41, 5.74) is 0.374. The van der Waals surface area contributed by atoms with Crippen LogP contribution in [-0.4, -0.2) is 29.1 Å². The molecule has 7 heteroatoms. The second kappa shape index (κ2) is 8.84. The molecule has 1 fully saturated rings. The highest BCUT2D eigenvalue weighted by molar-refractivity contribution is 9.10. The smallest absolute Gasteiger partial charge is 0.343 e. The molecule has 2 N–H and O–H groups in total. The van der Waals surface area contributed by atoms with Crippen LogP contribution in [0.3, 0.4) is 0 Å². The first-order valence-corrected chi connectivity index (χ1v) is 9.92. The van der Waals surface area contributed by atoms with Gasteiger partial charge in [-0.2, -0.15) is 0 Å². The number of carbonyl (C=O) groups is 2. The Kier molecular flexibility index (Phi) is 6.46. The molecule has 0 heterocycles. The molecule has 5 nitrogen and oxygen atoms in total. The molecule has 1 aliphatic carbocycles. The molecule has 2 atom stereocenters. The first-order valence-electron chi connectivity index (χ1n) is 9.13. The Morgan fingerprint density at radius 3 is 2.57 bits per heavy atom. The van der Waals surface area contributed by atoms with E-state index in [0.29, 0.717) is 17.3 Å². The molecule has 1 aliphatic rings. The van der Waals surface area contributed by atoms with Crippen LogP contribution in [0.2, 0.25) is 0 Å². The van der Waals surface area contributed by atoms with Gasteiger partial charge in [-0.3, -0.25) is 4.79 Å². The molecule has 1 amide bonds. The monoisotopic (exact) mass is 449 g/mol. The Hall–Kier alpha value is -2.25. The second-order valence-electron chi connectivity index (χ2n) is 6.86. The lowest BCUT2D eigenvalue weighted by molar-refractivity contribution is 0.0695. The SMILES string of the molecule is Cc1c(Br)cc(C(=O)N[C@H]2CCCC[C@@H]2O)c(OC(=O)c2ccccc2)c1F. The molecule has 0 aliphatic heterocycles. The van der Waals surface area contributed by atoms with Gasteiger partial charge < -0.3 is 15.2 Å². The molecule has 0 spiro atoms. The van der Waals surface area contributed by atoms with E-state index in [1.54, 1.807) is 30.3 Å². The van der Waals surface area contributed by atoms with Crippen molar-refractivity contribution in [3.05, 3.63) is 63.4 Å². The zero-order valence-corrected chi connectivity index (χ0v) is 17.0. The van der Waals surface area contributed by atoms with E-state index in [1.807, 2.05) is 0 Å². The van der Waals surface area contributed by atoms with Gasteiger partial charge in [0.2, 0.25) is 0 Å². The molecule has 3 rings (SSSR count). The van der Waals surface area contributed by atoms with Crippen molar-refractivity contribution in [1.82, 2.24) is 5.32 Å². The lowest BCUT2D eigenvalue weighted by atomic mass is 9.92. The van der Waals surface area contributed by atoms with Crippen molar-refractivity contribution in [3.8, 4) is 5.75 Å². The molecule has 0 unspecified atom stereocenters. The Morgan fingerprint density at radius 2 is 1.89 bits per heavy atom. The number of nitrogens with one attached hydrogen (secondary N) is 1. The van der Waals surface area contributed by atoms with Crippen molar-refractivity contribution in [3.63, 3.8) is 0 Å². The van der Waals surface area contributed by atoms with E-state index in [0.717, 1.165) is 12.8 Å². The molecule has 0 aromatic heterocycles. The zero-order valence-electron chi connectivity index (χ0n) is 15.4. The van der Waals surface area contributed by atoms with Crippen LogP contribution in [0.25, 0.3) is 0 Å². The highest BCUT2D eigenvalue weighted by Crippen LogP contribution is 2.32. The van der Waals surface area contributed by atoms with Crippen LogP contribution in [0.5, 0.6) is 5.75 Å². The lowest BCUT2D eigenvalue weighted by Crippen LogP contribution is -2.45. The zero-order chi connectivity index (χ0) is 20.3. The van der Waals surface area contributed by atoms with Crippen LogP contribution in [-0.2, 0) is 0 Å². The average molecular weight is 450 g/mol. The Morgan fingerprint density at radius 1 is 1.21 bits per heavy atom. The highest BCUT2D eigenvalue weighted by Gasteiger charge is 2.28. The lowest BCUT2D eigenvalue weighted by Gasteiger charge is -2.28. The third-order valence-electron chi connectivity index (χ3n) is 4.90. The van der Waals surface area contributed by atoms with Crippen LogP contribution in [0.1, 0.15) is 52.0 Å². The summed E-state index contributed by atoms with van der Waals surface area (Å²) in [5, 5.41) is 12.8. The van der Waals surface area contributed by atoms with Crippen LogP contribution < -0.4 is 10.1 Å². The topological polar surface area (TPSA) is 75.6 Å². The molecule has 2 aromatic rings. The van der Waals surface area contributed by atoms with E-state index in [9.17, 15) is 19.1 Å².